The molecular weight excluding hydrogens is 258 g/mol. The number of hydrogen-bond donors (Lipinski definition) is 0. The molecule has 0 aromatic carbocycles. The molecule has 2 saturated heterocycles. The molecule has 0 aliphatic carbocycles. The number of carbonyl (C=O) groups is 2. The Kier molecular flexibility index (Phi) is 2.99. The van der Waals surface area contributed by atoms with Gasteiger partial charge in [0.2, 0.25) is 11.7 Å². The Labute approximate surface area is 117 Å². The van der Waals surface area contributed by atoms with Gasteiger partial charge in [0.25, 0.3) is 5.91 Å². The Morgan fingerprint density at radius 2 is 2.00 bits per heavy atom. The fourth-order valence-electron chi connectivity index (χ4n) is 3.20. The second-order valence-corrected chi connectivity index (χ2v) is 5.96. The Hall–Kier alpha value is -1.92. The lowest BCUT2D eigenvalue weighted by Crippen LogP contribution is -2.44. The van der Waals surface area contributed by atoms with Crippen molar-refractivity contribution >= 4 is 11.8 Å². The van der Waals surface area contributed by atoms with Gasteiger partial charge in [0.15, 0.2) is 0 Å². The van der Waals surface area contributed by atoms with Crippen LogP contribution >= 0.6 is 0 Å². The zero-order chi connectivity index (χ0) is 14.3. The number of aryl methyl sites for hydroxylation is 1. The first-order chi connectivity index (χ1) is 9.49. The normalized spacial score (nSPS) is 21.8. The molecule has 20 heavy (non-hydrogen) atoms. The van der Waals surface area contributed by atoms with Crippen molar-refractivity contribution in [3.05, 3.63) is 12.2 Å². The standard InChI is InChI=1S/C13H19N5O2/c1-16-8-13(7-10(16)19)3-5-18(6-4-13)12(20)11-14-9-17(2)15-11/h9H,3-8H2,1-2H3. The predicted molar refractivity (Wildman–Crippen MR) is 70.8 cm³/mol. The van der Waals surface area contributed by atoms with Crippen molar-refractivity contribution in [2.24, 2.45) is 12.5 Å². The summed E-state index contributed by atoms with van der Waals surface area (Å²) in [6.07, 6.45) is 3.90. The molecule has 7 heteroatoms. The van der Waals surface area contributed by atoms with Gasteiger partial charge in [0.1, 0.15) is 6.33 Å². The van der Waals surface area contributed by atoms with E-state index in [2.05, 4.69) is 10.1 Å². The highest BCUT2D eigenvalue weighted by Gasteiger charge is 2.44. The average Bonchev–Trinajstić information content (AvgIpc) is 2.95. The molecule has 1 spiro atoms. The Bertz CT molecular complexity index is 545. The number of carbonyl (C=O) groups excluding carboxylic acids is 2. The number of aromatic nitrogens is 3. The van der Waals surface area contributed by atoms with Gasteiger partial charge in [0, 0.05) is 45.6 Å². The second kappa shape index (κ2) is 4.57. The second-order valence-electron chi connectivity index (χ2n) is 5.96. The van der Waals surface area contributed by atoms with Crippen LogP contribution in [0.3, 0.4) is 0 Å². The lowest BCUT2D eigenvalue weighted by Gasteiger charge is -2.38. The molecule has 7 nitrogen and oxygen atoms in total. The maximum absolute atomic E-state index is 12.3. The molecular formula is C13H19N5O2. The Morgan fingerprint density at radius 3 is 2.50 bits per heavy atom. The van der Waals surface area contributed by atoms with E-state index in [0.29, 0.717) is 19.5 Å². The fourth-order valence-corrected chi connectivity index (χ4v) is 3.20. The highest BCUT2D eigenvalue weighted by Crippen LogP contribution is 2.40. The number of amides is 2. The van der Waals surface area contributed by atoms with E-state index >= 15 is 0 Å². The van der Waals surface area contributed by atoms with Gasteiger partial charge in [-0.1, -0.05) is 0 Å². The Balaban J connectivity index is 1.64. The topological polar surface area (TPSA) is 71.3 Å². The number of rotatable bonds is 1. The summed E-state index contributed by atoms with van der Waals surface area (Å²) in [7, 11) is 3.60. The SMILES string of the molecule is CN1CC2(CCN(C(=O)c3ncn(C)n3)CC2)CC1=O. The van der Waals surface area contributed by atoms with Gasteiger partial charge in [-0.05, 0) is 12.8 Å². The molecule has 2 amide bonds. The van der Waals surface area contributed by atoms with Crippen molar-refractivity contribution < 1.29 is 9.59 Å². The summed E-state index contributed by atoms with van der Waals surface area (Å²) >= 11 is 0. The van der Waals surface area contributed by atoms with Crippen molar-refractivity contribution in [2.45, 2.75) is 19.3 Å². The molecule has 0 radical (unpaired) electrons. The molecule has 0 bridgehead atoms. The number of likely N-dealkylation sites (tertiary alicyclic amines) is 2. The maximum atomic E-state index is 12.3. The predicted octanol–water partition coefficient (Wildman–Crippen LogP) is -0.100. The molecule has 2 aliphatic rings. The van der Waals surface area contributed by atoms with Gasteiger partial charge >= 0.3 is 0 Å². The van der Waals surface area contributed by atoms with Crippen LogP contribution in [-0.4, -0.2) is 63.1 Å². The van der Waals surface area contributed by atoms with E-state index in [1.807, 2.05) is 7.05 Å². The van der Waals surface area contributed by atoms with Crippen LogP contribution in [0.25, 0.3) is 0 Å². The van der Waals surface area contributed by atoms with E-state index in [9.17, 15) is 9.59 Å². The summed E-state index contributed by atoms with van der Waals surface area (Å²) in [5.41, 5.74) is 0.0696. The van der Waals surface area contributed by atoms with Crippen molar-refractivity contribution in [3.8, 4) is 0 Å². The van der Waals surface area contributed by atoms with Gasteiger partial charge < -0.3 is 9.80 Å². The fraction of sp³-hybridized carbons (Fsp3) is 0.692. The van der Waals surface area contributed by atoms with Crippen LogP contribution < -0.4 is 0 Å². The zero-order valence-corrected chi connectivity index (χ0v) is 11.9. The average molecular weight is 277 g/mol. The van der Waals surface area contributed by atoms with Crippen molar-refractivity contribution in [3.63, 3.8) is 0 Å². The number of nitrogens with zero attached hydrogens (tertiary/aromatic N) is 5. The summed E-state index contributed by atoms with van der Waals surface area (Å²) in [6, 6.07) is 0. The van der Waals surface area contributed by atoms with Crippen LogP contribution in [-0.2, 0) is 11.8 Å². The summed E-state index contributed by atoms with van der Waals surface area (Å²) < 4.78 is 1.53. The quantitative estimate of drug-likeness (QED) is 0.718. The molecule has 1 aromatic rings. The smallest absolute Gasteiger partial charge is 0.293 e. The minimum atomic E-state index is -0.113. The van der Waals surface area contributed by atoms with Gasteiger partial charge in [-0.15, -0.1) is 5.10 Å². The molecule has 108 valence electrons. The van der Waals surface area contributed by atoms with Gasteiger partial charge in [0.05, 0.1) is 0 Å². The summed E-state index contributed by atoms with van der Waals surface area (Å²) in [5.74, 6) is 0.359. The number of hydrogen-bond acceptors (Lipinski definition) is 4. The minimum absolute atomic E-state index is 0.0696. The largest absolute Gasteiger partial charge is 0.345 e. The molecule has 1 aromatic heterocycles. The van der Waals surface area contributed by atoms with Crippen molar-refractivity contribution in [1.82, 2.24) is 24.6 Å². The van der Waals surface area contributed by atoms with E-state index in [-0.39, 0.29) is 23.1 Å². The highest BCUT2D eigenvalue weighted by molar-refractivity contribution is 5.90. The number of piperidine rings is 1. The summed E-state index contributed by atoms with van der Waals surface area (Å²) in [4.78, 5) is 31.6. The third-order valence-corrected chi connectivity index (χ3v) is 4.43. The Morgan fingerprint density at radius 1 is 1.30 bits per heavy atom. The van der Waals surface area contributed by atoms with Gasteiger partial charge in [-0.25, -0.2) is 4.98 Å². The van der Waals surface area contributed by atoms with E-state index in [1.165, 1.54) is 11.0 Å². The molecule has 0 atom stereocenters. The van der Waals surface area contributed by atoms with Crippen molar-refractivity contribution in [2.75, 3.05) is 26.7 Å². The van der Waals surface area contributed by atoms with Gasteiger partial charge in [-0.3, -0.25) is 14.3 Å². The lowest BCUT2D eigenvalue weighted by atomic mass is 9.77. The molecule has 0 unspecified atom stereocenters. The van der Waals surface area contributed by atoms with E-state index in [0.717, 1.165) is 19.4 Å². The highest BCUT2D eigenvalue weighted by atomic mass is 16.2. The molecule has 2 aliphatic heterocycles. The van der Waals surface area contributed by atoms with Crippen LogP contribution in [0.4, 0.5) is 0 Å². The van der Waals surface area contributed by atoms with Crippen molar-refractivity contribution in [1.29, 1.82) is 0 Å². The molecule has 0 saturated carbocycles. The minimum Gasteiger partial charge on any atom is -0.345 e. The first-order valence-electron chi connectivity index (χ1n) is 6.88. The summed E-state index contributed by atoms with van der Waals surface area (Å²) in [6.45, 7) is 2.17. The first kappa shape index (κ1) is 13.1. The van der Waals surface area contributed by atoms with Crippen LogP contribution in [0, 0.1) is 5.41 Å². The third kappa shape index (κ3) is 2.17. The van der Waals surface area contributed by atoms with Crippen LogP contribution in [0.1, 0.15) is 29.9 Å². The van der Waals surface area contributed by atoms with Crippen LogP contribution in [0.2, 0.25) is 0 Å². The molecule has 3 rings (SSSR count). The third-order valence-electron chi connectivity index (χ3n) is 4.43. The van der Waals surface area contributed by atoms with E-state index in [4.69, 9.17) is 0 Å². The zero-order valence-electron chi connectivity index (χ0n) is 11.9. The van der Waals surface area contributed by atoms with Crippen LogP contribution in [0.15, 0.2) is 6.33 Å². The summed E-state index contributed by atoms with van der Waals surface area (Å²) in [5, 5.41) is 4.05. The molecule has 2 fully saturated rings. The van der Waals surface area contributed by atoms with Crippen LogP contribution in [0.5, 0.6) is 0 Å². The first-order valence-corrected chi connectivity index (χ1v) is 6.88. The lowest BCUT2D eigenvalue weighted by molar-refractivity contribution is -0.126. The van der Waals surface area contributed by atoms with E-state index in [1.54, 1.807) is 16.8 Å². The molecule has 0 N–H and O–H groups in total. The maximum Gasteiger partial charge on any atom is 0.293 e. The van der Waals surface area contributed by atoms with E-state index < -0.39 is 0 Å². The van der Waals surface area contributed by atoms with Gasteiger partial charge in [-0.2, -0.15) is 0 Å². The monoisotopic (exact) mass is 277 g/mol. The molecule has 3 heterocycles.